The van der Waals surface area contributed by atoms with Crippen molar-refractivity contribution in [2.45, 2.75) is 12.8 Å². The van der Waals surface area contributed by atoms with Crippen molar-refractivity contribution in [1.82, 2.24) is 4.31 Å². The summed E-state index contributed by atoms with van der Waals surface area (Å²) in [6.45, 7) is 0.386. The molecule has 7 heteroatoms. The minimum Gasteiger partial charge on any atom is -0.481 e. The molecule has 0 aliphatic rings. The Morgan fingerprint density at radius 3 is 2.53 bits per heavy atom. The van der Waals surface area contributed by atoms with Gasteiger partial charge in [-0.05, 0) is 6.42 Å². The summed E-state index contributed by atoms with van der Waals surface area (Å²) in [4.78, 5) is 10.2. The quantitative estimate of drug-likeness (QED) is 0.591. The van der Waals surface area contributed by atoms with Crippen LogP contribution in [0, 0.1) is 0 Å². The molecular formula is C8H17NO5S. The smallest absolute Gasteiger partial charge is 0.304 e. The van der Waals surface area contributed by atoms with E-state index in [0.29, 0.717) is 13.0 Å². The summed E-state index contributed by atoms with van der Waals surface area (Å²) in [6.07, 6.45) is 0.232. The molecule has 0 unspecified atom stereocenters. The maximum atomic E-state index is 11.5. The molecule has 6 nitrogen and oxygen atoms in total. The monoisotopic (exact) mass is 239 g/mol. The third-order valence-corrected chi connectivity index (χ3v) is 3.80. The van der Waals surface area contributed by atoms with Crippen LogP contribution in [-0.4, -0.2) is 56.9 Å². The first kappa shape index (κ1) is 14.3. The molecule has 0 atom stereocenters. The number of nitrogens with zero attached hydrogens (tertiary/aromatic N) is 1. The molecule has 1 N–H and O–H groups in total. The van der Waals surface area contributed by atoms with Gasteiger partial charge in [0.1, 0.15) is 0 Å². The van der Waals surface area contributed by atoms with E-state index >= 15 is 0 Å². The number of sulfonamides is 1. The van der Waals surface area contributed by atoms with Gasteiger partial charge in [0.2, 0.25) is 10.0 Å². The molecule has 0 heterocycles. The first-order valence-corrected chi connectivity index (χ1v) is 6.16. The van der Waals surface area contributed by atoms with Crippen LogP contribution < -0.4 is 0 Å². The highest BCUT2D eigenvalue weighted by atomic mass is 32.2. The molecule has 0 saturated carbocycles. The maximum absolute atomic E-state index is 11.5. The molecule has 0 spiro atoms. The maximum Gasteiger partial charge on any atom is 0.304 e. The van der Waals surface area contributed by atoms with E-state index in [-0.39, 0.29) is 18.7 Å². The number of rotatable bonds is 8. The minimum absolute atomic E-state index is 0.00461. The second kappa shape index (κ2) is 6.76. The molecule has 0 aromatic rings. The van der Waals surface area contributed by atoms with Crippen LogP contribution in [0.1, 0.15) is 12.8 Å². The van der Waals surface area contributed by atoms with Crippen molar-refractivity contribution in [3.05, 3.63) is 0 Å². The molecule has 0 amide bonds. The summed E-state index contributed by atoms with van der Waals surface area (Å²) in [7, 11) is -0.457. The van der Waals surface area contributed by atoms with Crippen LogP contribution in [0.2, 0.25) is 0 Å². The fourth-order valence-corrected chi connectivity index (χ4v) is 2.10. The lowest BCUT2D eigenvalue weighted by molar-refractivity contribution is -0.137. The minimum atomic E-state index is -3.34. The molecule has 0 radical (unpaired) electrons. The Hall–Kier alpha value is -0.660. The predicted molar refractivity (Wildman–Crippen MR) is 55.2 cm³/mol. The third kappa shape index (κ3) is 6.43. The van der Waals surface area contributed by atoms with Crippen molar-refractivity contribution in [2.24, 2.45) is 0 Å². The van der Waals surface area contributed by atoms with E-state index in [1.807, 2.05) is 0 Å². The van der Waals surface area contributed by atoms with Gasteiger partial charge in [-0.15, -0.1) is 0 Å². The number of carboxylic acid groups (broad SMARTS) is 1. The van der Waals surface area contributed by atoms with Crippen LogP contribution in [-0.2, 0) is 19.6 Å². The Morgan fingerprint density at radius 2 is 2.07 bits per heavy atom. The van der Waals surface area contributed by atoms with E-state index in [9.17, 15) is 13.2 Å². The zero-order valence-electron chi connectivity index (χ0n) is 8.97. The highest BCUT2D eigenvalue weighted by molar-refractivity contribution is 7.89. The summed E-state index contributed by atoms with van der Waals surface area (Å²) in [6, 6.07) is 0. The predicted octanol–water partition coefficient (Wildman–Crippen LogP) is -0.241. The molecule has 15 heavy (non-hydrogen) atoms. The summed E-state index contributed by atoms with van der Waals surface area (Å²) >= 11 is 0. The number of methoxy groups -OCH3 is 1. The molecular weight excluding hydrogens is 222 g/mol. The van der Waals surface area contributed by atoms with Gasteiger partial charge in [-0.1, -0.05) is 0 Å². The molecule has 90 valence electrons. The van der Waals surface area contributed by atoms with Crippen molar-refractivity contribution in [1.29, 1.82) is 0 Å². The number of ether oxygens (including phenoxy) is 1. The number of carboxylic acids is 1. The summed E-state index contributed by atoms with van der Waals surface area (Å²) in [5, 5.41) is 8.40. The Morgan fingerprint density at radius 1 is 1.47 bits per heavy atom. The first-order valence-electron chi connectivity index (χ1n) is 4.55. The number of hydrogen-bond acceptors (Lipinski definition) is 4. The Balaban J connectivity index is 4.03. The summed E-state index contributed by atoms with van der Waals surface area (Å²) in [5.41, 5.74) is 0. The highest BCUT2D eigenvalue weighted by Gasteiger charge is 2.17. The Labute approximate surface area is 89.9 Å². The fourth-order valence-electron chi connectivity index (χ4n) is 0.934. The van der Waals surface area contributed by atoms with Gasteiger partial charge in [0, 0.05) is 27.3 Å². The van der Waals surface area contributed by atoms with Crippen molar-refractivity contribution in [3.8, 4) is 0 Å². The van der Waals surface area contributed by atoms with Gasteiger partial charge >= 0.3 is 5.97 Å². The topological polar surface area (TPSA) is 83.9 Å². The molecule has 0 aliphatic carbocycles. The van der Waals surface area contributed by atoms with Crippen LogP contribution in [0.5, 0.6) is 0 Å². The molecule has 0 aromatic heterocycles. The van der Waals surface area contributed by atoms with Crippen LogP contribution >= 0.6 is 0 Å². The number of carbonyl (C=O) groups is 1. The van der Waals surface area contributed by atoms with E-state index in [0.717, 1.165) is 4.31 Å². The van der Waals surface area contributed by atoms with Crippen molar-refractivity contribution in [2.75, 3.05) is 33.1 Å². The lowest BCUT2D eigenvalue weighted by Gasteiger charge is -2.15. The number of hydrogen-bond donors (Lipinski definition) is 1. The molecule has 0 aliphatic heterocycles. The Kier molecular flexibility index (Phi) is 6.46. The van der Waals surface area contributed by atoms with Gasteiger partial charge in [-0.25, -0.2) is 12.7 Å². The van der Waals surface area contributed by atoms with E-state index in [1.54, 1.807) is 0 Å². The van der Waals surface area contributed by atoms with E-state index < -0.39 is 16.0 Å². The first-order chi connectivity index (χ1) is 6.90. The van der Waals surface area contributed by atoms with E-state index in [1.165, 1.54) is 14.2 Å². The molecule has 0 aromatic carbocycles. The van der Waals surface area contributed by atoms with Crippen molar-refractivity contribution in [3.63, 3.8) is 0 Å². The molecule has 0 bridgehead atoms. The van der Waals surface area contributed by atoms with Crippen molar-refractivity contribution >= 4 is 16.0 Å². The molecule has 0 rings (SSSR count). The lowest BCUT2D eigenvalue weighted by atomic mass is 10.4. The van der Waals surface area contributed by atoms with Crippen LogP contribution in [0.4, 0.5) is 0 Å². The Bertz CT molecular complexity index is 287. The molecule has 0 fully saturated rings. The van der Waals surface area contributed by atoms with E-state index in [2.05, 4.69) is 0 Å². The van der Waals surface area contributed by atoms with Gasteiger partial charge in [0.15, 0.2) is 0 Å². The summed E-state index contributed by atoms with van der Waals surface area (Å²) < 4.78 is 28.8. The average Bonchev–Trinajstić information content (AvgIpc) is 2.14. The van der Waals surface area contributed by atoms with Crippen LogP contribution in [0.3, 0.4) is 0 Å². The van der Waals surface area contributed by atoms with Gasteiger partial charge in [0.25, 0.3) is 0 Å². The van der Waals surface area contributed by atoms with Crippen LogP contribution in [0.25, 0.3) is 0 Å². The standard InChI is InChI=1S/C8H17NO5S/c1-9(5-4-8(10)11)15(12,13)7-3-6-14-2/h3-7H2,1-2H3,(H,10,11). The SMILES string of the molecule is COCCCS(=O)(=O)N(C)CCC(=O)O. The highest BCUT2D eigenvalue weighted by Crippen LogP contribution is 2.01. The second-order valence-electron chi connectivity index (χ2n) is 3.13. The zero-order chi connectivity index (χ0) is 11.9. The normalized spacial score (nSPS) is 11.9. The third-order valence-electron chi connectivity index (χ3n) is 1.87. The second-order valence-corrected chi connectivity index (χ2v) is 5.32. The average molecular weight is 239 g/mol. The van der Waals surface area contributed by atoms with Crippen LogP contribution in [0.15, 0.2) is 0 Å². The fraction of sp³-hybridized carbons (Fsp3) is 0.875. The summed E-state index contributed by atoms with van der Waals surface area (Å²) in [5.74, 6) is -1.02. The van der Waals surface area contributed by atoms with Crippen molar-refractivity contribution < 1.29 is 23.1 Å². The largest absolute Gasteiger partial charge is 0.481 e. The zero-order valence-corrected chi connectivity index (χ0v) is 9.79. The molecule has 0 saturated heterocycles. The van der Waals surface area contributed by atoms with Gasteiger partial charge in [-0.3, -0.25) is 4.79 Å². The van der Waals surface area contributed by atoms with Gasteiger partial charge in [0.05, 0.1) is 12.2 Å². The lowest BCUT2D eigenvalue weighted by Crippen LogP contribution is -2.31. The van der Waals surface area contributed by atoms with Gasteiger partial charge < -0.3 is 9.84 Å². The number of aliphatic carboxylic acids is 1. The van der Waals surface area contributed by atoms with E-state index in [4.69, 9.17) is 9.84 Å². The van der Waals surface area contributed by atoms with Gasteiger partial charge in [-0.2, -0.15) is 0 Å².